The van der Waals surface area contributed by atoms with Gasteiger partial charge in [-0.2, -0.15) is 0 Å². The number of amidine groups is 1. The van der Waals surface area contributed by atoms with Crippen molar-refractivity contribution in [2.24, 2.45) is 5.73 Å². The number of nitrogens with one attached hydrogen (secondary N) is 1. The van der Waals surface area contributed by atoms with Crippen LogP contribution in [0.2, 0.25) is 0 Å². The molecule has 0 atom stereocenters. The molecule has 0 fully saturated rings. The minimum Gasteiger partial charge on any atom is -0.504 e. The summed E-state index contributed by atoms with van der Waals surface area (Å²) < 4.78 is 0. The maximum atomic E-state index is 9.10. The molecule has 11 heavy (non-hydrogen) atoms. The Labute approximate surface area is 63.4 Å². The molecule has 0 amide bonds. The maximum absolute atomic E-state index is 9.10. The van der Waals surface area contributed by atoms with Gasteiger partial charge in [0, 0.05) is 0 Å². The summed E-state index contributed by atoms with van der Waals surface area (Å²) in [5, 5.41) is 25.0. The molecule has 58 valence electrons. The molecule has 4 nitrogen and oxygen atoms in total. The molecule has 0 aliphatic rings. The van der Waals surface area contributed by atoms with Crippen LogP contribution < -0.4 is 5.73 Å². The van der Waals surface area contributed by atoms with Gasteiger partial charge in [0.1, 0.15) is 5.84 Å². The third kappa shape index (κ3) is 1.24. The Morgan fingerprint density at radius 1 is 1.36 bits per heavy atom. The second kappa shape index (κ2) is 2.49. The summed E-state index contributed by atoms with van der Waals surface area (Å²) in [6, 6.07) is 4.28. The molecule has 0 bridgehead atoms. The lowest BCUT2D eigenvalue weighted by Gasteiger charge is -2.02. The quantitative estimate of drug-likeness (QED) is 0.266. The summed E-state index contributed by atoms with van der Waals surface area (Å²) in [5.41, 5.74) is 5.24. The zero-order valence-corrected chi connectivity index (χ0v) is 5.70. The highest BCUT2D eigenvalue weighted by molar-refractivity contribution is 5.98. The fourth-order valence-corrected chi connectivity index (χ4v) is 0.749. The molecule has 0 spiro atoms. The van der Waals surface area contributed by atoms with Gasteiger partial charge in [-0.25, -0.2) is 0 Å². The summed E-state index contributed by atoms with van der Waals surface area (Å²) >= 11 is 0. The molecular formula is C7H8N2O2. The molecular weight excluding hydrogens is 144 g/mol. The first-order chi connectivity index (χ1) is 5.13. The van der Waals surface area contributed by atoms with Gasteiger partial charge in [-0.05, 0) is 12.1 Å². The number of hydrogen-bond donors (Lipinski definition) is 4. The van der Waals surface area contributed by atoms with Gasteiger partial charge in [0.15, 0.2) is 11.5 Å². The topological polar surface area (TPSA) is 90.3 Å². The van der Waals surface area contributed by atoms with Gasteiger partial charge in [0.25, 0.3) is 0 Å². The van der Waals surface area contributed by atoms with E-state index >= 15 is 0 Å². The smallest absolute Gasteiger partial charge is 0.168 e. The molecule has 0 heterocycles. The lowest BCUT2D eigenvalue weighted by atomic mass is 10.2. The standard InChI is InChI=1S/C7H8N2O2/c8-7(9)4-2-1-3-5(10)6(4)11/h1-3,10-11H,(H3,8,9). The first-order valence-corrected chi connectivity index (χ1v) is 2.98. The molecule has 0 aliphatic carbocycles. The van der Waals surface area contributed by atoms with E-state index in [0.29, 0.717) is 0 Å². The molecule has 4 heteroatoms. The van der Waals surface area contributed by atoms with E-state index in [0.717, 1.165) is 0 Å². The maximum Gasteiger partial charge on any atom is 0.168 e. The number of aromatic hydroxyl groups is 2. The second-order valence-electron chi connectivity index (χ2n) is 2.09. The average Bonchev–Trinajstić information content (AvgIpc) is 1.94. The molecule has 1 aromatic carbocycles. The van der Waals surface area contributed by atoms with Crippen LogP contribution in [0.5, 0.6) is 11.5 Å². The Bertz CT molecular complexity index is 296. The van der Waals surface area contributed by atoms with E-state index in [-0.39, 0.29) is 22.9 Å². The van der Waals surface area contributed by atoms with Gasteiger partial charge in [0.2, 0.25) is 0 Å². The van der Waals surface area contributed by atoms with Crippen LogP contribution in [-0.4, -0.2) is 16.0 Å². The highest BCUT2D eigenvalue weighted by atomic mass is 16.3. The monoisotopic (exact) mass is 152 g/mol. The summed E-state index contributed by atoms with van der Waals surface area (Å²) in [6.45, 7) is 0. The van der Waals surface area contributed by atoms with Gasteiger partial charge in [-0.15, -0.1) is 0 Å². The number of nitrogen functional groups attached to an aromatic ring is 1. The van der Waals surface area contributed by atoms with Crippen LogP contribution in [0, 0.1) is 5.41 Å². The lowest BCUT2D eigenvalue weighted by Crippen LogP contribution is -2.10. The molecule has 0 saturated carbocycles. The number of para-hydroxylation sites is 1. The van der Waals surface area contributed by atoms with Gasteiger partial charge in [-0.1, -0.05) is 6.07 Å². The Hall–Kier alpha value is -1.71. The average molecular weight is 152 g/mol. The normalized spacial score (nSPS) is 9.45. The van der Waals surface area contributed by atoms with Crippen molar-refractivity contribution < 1.29 is 10.2 Å². The van der Waals surface area contributed by atoms with Crippen molar-refractivity contribution in [1.82, 2.24) is 0 Å². The minimum atomic E-state index is -0.347. The number of phenolic OH excluding ortho intramolecular Hbond substituents is 2. The van der Waals surface area contributed by atoms with Crippen LogP contribution in [-0.2, 0) is 0 Å². The van der Waals surface area contributed by atoms with Crippen LogP contribution in [0.25, 0.3) is 0 Å². The van der Waals surface area contributed by atoms with Crippen molar-refractivity contribution in [2.75, 3.05) is 0 Å². The van der Waals surface area contributed by atoms with Gasteiger partial charge >= 0.3 is 0 Å². The van der Waals surface area contributed by atoms with E-state index in [2.05, 4.69) is 0 Å². The van der Waals surface area contributed by atoms with E-state index in [1.807, 2.05) is 0 Å². The summed E-state index contributed by atoms with van der Waals surface area (Å²) in [4.78, 5) is 0. The zero-order valence-electron chi connectivity index (χ0n) is 5.70. The molecule has 1 rings (SSSR count). The highest BCUT2D eigenvalue weighted by Crippen LogP contribution is 2.27. The fraction of sp³-hybridized carbons (Fsp3) is 0. The van der Waals surface area contributed by atoms with Crippen molar-refractivity contribution in [3.8, 4) is 11.5 Å². The number of nitrogens with two attached hydrogens (primary N) is 1. The predicted octanol–water partition coefficient (Wildman–Crippen LogP) is 0.382. The molecule has 0 radical (unpaired) electrons. The third-order valence-electron chi connectivity index (χ3n) is 1.30. The van der Waals surface area contributed by atoms with Crippen molar-refractivity contribution in [2.45, 2.75) is 0 Å². The number of rotatable bonds is 1. The molecule has 0 aromatic heterocycles. The van der Waals surface area contributed by atoms with Gasteiger partial charge in [-0.3, -0.25) is 5.41 Å². The van der Waals surface area contributed by atoms with Gasteiger partial charge < -0.3 is 15.9 Å². The van der Waals surface area contributed by atoms with Crippen molar-refractivity contribution in [3.63, 3.8) is 0 Å². The van der Waals surface area contributed by atoms with Crippen LogP contribution in [0.1, 0.15) is 5.56 Å². The largest absolute Gasteiger partial charge is 0.504 e. The molecule has 0 unspecified atom stereocenters. The van der Waals surface area contributed by atoms with Crippen LogP contribution >= 0.6 is 0 Å². The van der Waals surface area contributed by atoms with E-state index in [1.54, 1.807) is 0 Å². The summed E-state index contributed by atoms with van der Waals surface area (Å²) in [6.07, 6.45) is 0. The van der Waals surface area contributed by atoms with Crippen LogP contribution in [0.4, 0.5) is 0 Å². The molecule has 0 aliphatic heterocycles. The lowest BCUT2D eigenvalue weighted by molar-refractivity contribution is 0.403. The molecule has 1 aromatic rings. The summed E-state index contributed by atoms with van der Waals surface area (Å²) in [7, 11) is 0. The third-order valence-corrected chi connectivity index (χ3v) is 1.30. The van der Waals surface area contributed by atoms with E-state index in [9.17, 15) is 0 Å². The molecule has 5 N–H and O–H groups in total. The first kappa shape index (κ1) is 7.40. The van der Waals surface area contributed by atoms with E-state index < -0.39 is 0 Å². The second-order valence-corrected chi connectivity index (χ2v) is 2.09. The number of hydrogen-bond acceptors (Lipinski definition) is 3. The van der Waals surface area contributed by atoms with Crippen molar-refractivity contribution >= 4 is 5.84 Å². The van der Waals surface area contributed by atoms with E-state index in [1.165, 1.54) is 18.2 Å². The summed E-state index contributed by atoms with van der Waals surface area (Å²) in [5.74, 6) is -0.879. The Morgan fingerprint density at radius 2 is 2.00 bits per heavy atom. The SMILES string of the molecule is N=C(N)c1cccc(O)c1O. The number of benzene rings is 1. The molecule has 0 saturated heterocycles. The Balaban J connectivity index is 3.27. The Morgan fingerprint density at radius 3 is 2.45 bits per heavy atom. The highest BCUT2D eigenvalue weighted by Gasteiger charge is 2.06. The predicted molar refractivity (Wildman–Crippen MR) is 40.8 cm³/mol. The van der Waals surface area contributed by atoms with Gasteiger partial charge in [0.05, 0.1) is 5.56 Å². The van der Waals surface area contributed by atoms with Crippen LogP contribution in [0.15, 0.2) is 18.2 Å². The Kier molecular flexibility index (Phi) is 1.68. The van der Waals surface area contributed by atoms with E-state index in [4.69, 9.17) is 21.4 Å². The minimum absolute atomic E-state index is 0.144. The zero-order chi connectivity index (χ0) is 8.43. The number of phenols is 2. The first-order valence-electron chi connectivity index (χ1n) is 2.98. The fourth-order valence-electron chi connectivity index (χ4n) is 0.749. The van der Waals surface area contributed by atoms with Crippen molar-refractivity contribution in [3.05, 3.63) is 23.8 Å². The van der Waals surface area contributed by atoms with Crippen LogP contribution in [0.3, 0.4) is 0 Å². The van der Waals surface area contributed by atoms with Crippen molar-refractivity contribution in [1.29, 1.82) is 5.41 Å².